The molecule has 0 aliphatic heterocycles. The maximum Gasteiger partial charge on any atom is 0.0629 e. The first-order chi connectivity index (χ1) is 59.8. The van der Waals surface area contributed by atoms with E-state index < -0.39 is 5.41 Å². The summed E-state index contributed by atoms with van der Waals surface area (Å²) in [7, 11) is 0. The highest BCUT2D eigenvalue weighted by Crippen LogP contribution is 2.52. The SMILES string of the molecule is CC(C)(C)c1cc(-n2c3cccc(-c4ccccc4)c3c3c(C(C)(C)C)c(-c4ccccc4)ccc32)cc(C(C)(C)C)c1.CC(C)(C)c1cc(-n2c3cccc(-c4ccccc4)c3c3c(C(C)(C)C)cccc32)cc(C(C)(C)C)c1.[2H]c1c([2H])c([2H])c(-c2ccc3c(c2C(C)(C)C)c2c(-c4ccccc4)cccc2n3-c2cc(C(C)(C)C)cc(C(C)(C)C)c2)c([2H])c1[2H]. The first kappa shape index (κ1) is 79.9. The molecule has 0 amide bonds. The molecular formula is C120H131N3. The van der Waals surface area contributed by atoms with Gasteiger partial charge in [-0.15, -0.1) is 0 Å². The number of aromatic nitrogens is 3. The van der Waals surface area contributed by atoms with E-state index in [1.54, 1.807) is 0 Å². The van der Waals surface area contributed by atoms with Crippen molar-refractivity contribution in [1.29, 1.82) is 0 Å². The highest BCUT2D eigenvalue weighted by molar-refractivity contribution is 6.21. The third-order valence-electron chi connectivity index (χ3n) is 24.9. The zero-order valence-corrected chi connectivity index (χ0v) is 78.3. The van der Waals surface area contributed by atoms with Gasteiger partial charge in [0.1, 0.15) is 0 Å². The highest BCUT2D eigenvalue weighted by atomic mass is 15.0. The van der Waals surface area contributed by atoms with Crippen LogP contribution in [-0.2, 0) is 48.7 Å². The second-order valence-electron chi connectivity index (χ2n) is 43.6. The Kier molecular flexibility index (Phi) is 20.8. The van der Waals surface area contributed by atoms with E-state index in [1.165, 1.54) is 133 Å². The molecular weight excluding hydrogens is 1480 g/mol. The Labute approximate surface area is 743 Å². The molecule has 17 rings (SSSR count). The van der Waals surface area contributed by atoms with Crippen LogP contribution in [0.15, 0.2) is 303 Å². The Morgan fingerprint density at radius 3 is 0.699 bits per heavy atom. The number of nitrogens with zero attached hydrogens (tertiary/aromatic N) is 3. The Morgan fingerprint density at radius 2 is 0.431 bits per heavy atom. The quantitative estimate of drug-likeness (QED) is 0.144. The van der Waals surface area contributed by atoms with Gasteiger partial charge in [0.15, 0.2) is 0 Å². The molecule has 17 aromatic rings. The van der Waals surface area contributed by atoms with Gasteiger partial charge in [0, 0.05) is 49.4 Å². The van der Waals surface area contributed by atoms with Gasteiger partial charge in [0.25, 0.3) is 0 Å². The molecule has 0 radical (unpaired) electrons. The van der Waals surface area contributed by atoms with Crippen molar-refractivity contribution in [2.24, 2.45) is 0 Å². The molecule has 0 spiro atoms. The summed E-state index contributed by atoms with van der Waals surface area (Å²) in [6, 6.07) is 98.8. The smallest absolute Gasteiger partial charge is 0.0629 e. The summed E-state index contributed by atoms with van der Waals surface area (Å²) in [5.41, 5.74) is 32.6. The van der Waals surface area contributed by atoms with E-state index in [2.05, 4.69) is 461 Å². The lowest BCUT2D eigenvalue weighted by Gasteiger charge is -2.27. The van der Waals surface area contributed by atoms with Crippen molar-refractivity contribution in [3.8, 4) is 72.7 Å². The van der Waals surface area contributed by atoms with Gasteiger partial charge in [0.05, 0.1) is 40.0 Å². The molecule has 3 nitrogen and oxygen atoms in total. The molecule has 3 heterocycles. The van der Waals surface area contributed by atoms with Crippen molar-refractivity contribution in [3.05, 3.63) is 353 Å². The van der Waals surface area contributed by atoms with Crippen LogP contribution in [0.4, 0.5) is 0 Å². The molecule has 0 bridgehead atoms. The lowest BCUT2D eigenvalue weighted by molar-refractivity contribution is 0.567. The Balaban J connectivity index is 0.000000149. The second-order valence-corrected chi connectivity index (χ2v) is 43.6. The Bertz CT molecular complexity index is 6980. The van der Waals surface area contributed by atoms with E-state index in [9.17, 15) is 0 Å². The minimum absolute atomic E-state index is 0.0201. The van der Waals surface area contributed by atoms with Gasteiger partial charge < -0.3 is 13.7 Å². The molecule has 3 heteroatoms. The van der Waals surface area contributed by atoms with Crippen molar-refractivity contribution in [1.82, 2.24) is 13.7 Å². The van der Waals surface area contributed by atoms with E-state index in [0.29, 0.717) is 5.56 Å². The van der Waals surface area contributed by atoms with Crippen molar-refractivity contribution >= 4 is 65.4 Å². The van der Waals surface area contributed by atoms with Crippen LogP contribution in [0.1, 0.15) is 244 Å². The Hall–Kier alpha value is -11.5. The summed E-state index contributed by atoms with van der Waals surface area (Å²) in [6.45, 7) is 61.8. The predicted molar refractivity (Wildman–Crippen MR) is 538 cm³/mol. The van der Waals surface area contributed by atoms with Crippen LogP contribution in [0.3, 0.4) is 0 Å². The van der Waals surface area contributed by atoms with E-state index in [0.717, 1.165) is 44.2 Å². The minimum atomic E-state index is -0.454. The second kappa shape index (κ2) is 32.0. The maximum atomic E-state index is 8.95. The summed E-state index contributed by atoms with van der Waals surface area (Å²) in [4.78, 5) is 0. The molecule has 123 heavy (non-hydrogen) atoms. The lowest BCUT2D eigenvalue weighted by Crippen LogP contribution is -2.17. The van der Waals surface area contributed by atoms with Crippen molar-refractivity contribution in [2.75, 3.05) is 0 Å². The maximum absolute atomic E-state index is 8.95. The van der Waals surface area contributed by atoms with Gasteiger partial charge in [0.2, 0.25) is 0 Å². The molecule has 0 saturated heterocycles. The molecule has 0 aliphatic carbocycles. The highest BCUT2D eigenvalue weighted by Gasteiger charge is 2.34. The topological polar surface area (TPSA) is 14.8 Å². The largest absolute Gasteiger partial charge is 0.309 e. The van der Waals surface area contributed by atoms with E-state index in [-0.39, 0.29) is 79.1 Å². The van der Waals surface area contributed by atoms with Crippen LogP contribution in [-0.4, -0.2) is 13.7 Å². The molecule has 0 atom stereocenters. The van der Waals surface area contributed by atoms with Crippen LogP contribution >= 0.6 is 0 Å². The minimum Gasteiger partial charge on any atom is -0.309 e. The predicted octanol–water partition coefficient (Wildman–Crippen LogP) is 34.4. The van der Waals surface area contributed by atoms with E-state index in [1.807, 2.05) is 12.1 Å². The zero-order chi connectivity index (χ0) is 92.6. The van der Waals surface area contributed by atoms with Crippen LogP contribution in [0.25, 0.3) is 138 Å². The van der Waals surface area contributed by atoms with Gasteiger partial charge >= 0.3 is 0 Å². The first-order valence-corrected chi connectivity index (χ1v) is 44.4. The number of benzene rings is 14. The summed E-state index contributed by atoms with van der Waals surface area (Å²) in [6.07, 6.45) is 0. The Morgan fingerprint density at radius 1 is 0.187 bits per heavy atom. The molecule has 0 N–H and O–H groups in total. The molecule has 0 unspecified atom stereocenters. The van der Waals surface area contributed by atoms with Crippen LogP contribution in [0.5, 0.6) is 0 Å². The fraction of sp³-hybridized carbons (Fsp3) is 0.300. The van der Waals surface area contributed by atoms with E-state index in [4.69, 9.17) is 6.85 Å². The average molecular weight is 1620 g/mol. The van der Waals surface area contributed by atoms with Crippen molar-refractivity contribution in [2.45, 2.75) is 236 Å². The zero-order valence-electron chi connectivity index (χ0n) is 83.3. The fourth-order valence-corrected chi connectivity index (χ4v) is 18.3. The summed E-state index contributed by atoms with van der Waals surface area (Å²) in [5.74, 6) is 0. The first-order valence-electron chi connectivity index (χ1n) is 46.9. The van der Waals surface area contributed by atoms with Gasteiger partial charge in [-0.3, -0.25) is 0 Å². The summed E-state index contributed by atoms with van der Waals surface area (Å²) in [5, 5.41) is 7.48. The number of rotatable bonds is 8. The summed E-state index contributed by atoms with van der Waals surface area (Å²) >= 11 is 0. The van der Waals surface area contributed by atoms with Crippen molar-refractivity contribution < 1.29 is 6.85 Å². The third kappa shape index (κ3) is 17.0. The normalized spacial score (nSPS) is 13.4. The lowest BCUT2D eigenvalue weighted by atomic mass is 9.78. The molecule has 626 valence electrons. The van der Waals surface area contributed by atoms with Crippen molar-refractivity contribution in [3.63, 3.8) is 0 Å². The molecule has 0 aliphatic rings. The van der Waals surface area contributed by atoms with E-state index >= 15 is 0 Å². The molecule has 14 aromatic carbocycles. The van der Waals surface area contributed by atoms with Crippen LogP contribution < -0.4 is 0 Å². The van der Waals surface area contributed by atoms with Crippen LogP contribution in [0.2, 0.25) is 0 Å². The third-order valence-corrected chi connectivity index (χ3v) is 24.9. The number of hydrogen-bond donors (Lipinski definition) is 0. The number of hydrogen-bond acceptors (Lipinski definition) is 0. The fourth-order valence-electron chi connectivity index (χ4n) is 18.3. The van der Waals surface area contributed by atoms with Gasteiger partial charge in [-0.25, -0.2) is 0 Å². The van der Waals surface area contributed by atoms with Gasteiger partial charge in [-0.05, 0) is 227 Å². The number of fused-ring (bicyclic) bond motifs is 9. The van der Waals surface area contributed by atoms with Gasteiger partial charge in [-0.2, -0.15) is 0 Å². The molecule has 0 saturated carbocycles. The monoisotopic (exact) mass is 1620 g/mol. The summed E-state index contributed by atoms with van der Waals surface area (Å²) < 4.78 is 50.6. The van der Waals surface area contributed by atoms with Crippen LogP contribution in [0, 0.1) is 0 Å². The van der Waals surface area contributed by atoms with Gasteiger partial charge in [-0.1, -0.05) is 417 Å². The molecule has 3 aromatic heterocycles. The standard InChI is InChI=1S/2C42H45N.C36H41N/c2*1-40(2,3)30-25-31(41(4,5)6)27-32(26-30)43-35-22-16-21-33(28-17-12-10-13-18-28)37(35)38-36(43)24-23-34(39(38)42(7,8)9)29-19-14-11-15-20-29;1-34(2,3)25-21-26(35(4,5)6)23-27(22-25)37-30-19-13-17-28(24-15-11-10-12-16-24)32(30)33-29(36(7,8)9)18-14-20-31(33)37/h2*10-27H,1-9H3;10-23H,1-9H3/i11D,14D,15D,19D,20D;;. The average Bonchev–Trinajstić information content (AvgIpc) is 1.57. The molecule has 0 fully saturated rings.